The van der Waals surface area contributed by atoms with Crippen LogP contribution in [-0.2, 0) is 4.74 Å². The molecule has 2 heterocycles. The summed E-state index contributed by atoms with van der Waals surface area (Å²) in [6.07, 6.45) is 1.58. The van der Waals surface area contributed by atoms with Crippen molar-refractivity contribution in [2.45, 2.75) is 38.8 Å². The highest BCUT2D eigenvalue weighted by molar-refractivity contribution is 7.22. The number of hydrogen-bond donors (Lipinski definition) is 1. The number of anilines is 1. The second kappa shape index (κ2) is 6.52. The predicted octanol–water partition coefficient (Wildman–Crippen LogP) is 3.72. The average molecular weight is 319 g/mol. The summed E-state index contributed by atoms with van der Waals surface area (Å²) in [6.45, 7) is 5.21. The molecule has 1 aromatic carbocycles. The van der Waals surface area contributed by atoms with Gasteiger partial charge in [0.1, 0.15) is 0 Å². The molecule has 2 aromatic rings. The highest BCUT2D eigenvalue weighted by atomic mass is 32.1. The van der Waals surface area contributed by atoms with Gasteiger partial charge in [0.05, 0.1) is 16.3 Å². The smallest absolute Gasteiger partial charge is 0.410 e. The number of ether oxygens (including phenoxy) is 1. The van der Waals surface area contributed by atoms with Gasteiger partial charge in [-0.1, -0.05) is 23.5 Å². The summed E-state index contributed by atoms with van der Waals surface area (Å²) < 4.78 is 6.44. The standard InChI is InChI=1S/C16H21N3O2S/c1-11(2)21-16(20)19-9-7-12(8-10-19)17-15-18-13-5-3-4-6-14(13)22-15/h3-6,11-12H,7-10H2,1-2H3,(H,17,18). The van der Waals surface area contributed by atoms with Crippen LogP contribution in [0.4, 0.5) is 9.93 Å². The quantitative estimate of drug-likeness (QED) is 0.937. The minimum Gasteiger partial charge on any atom is -0.447 e. The Labute approximate surface area is 134 Å². The highest BCUT2D eigenvalue weighted by Gasteiger charge is 2.24. The van der Waals surface area contributed by atoms with Crippen molar-refractivity contribution >= 4 is 32.8 Å². The third kappa shape index (κ3) is 3.50. The van der Waals surface area contributed by atoms with Gasteiger partial charge in [-0.3, -0.25) is 0 Å². The fraction of sp³-hybridized carbons (Fsp3) is 0.500. The first kappa shape index (κ1) is 15.1. The van der Waals surface area contributed by atoms with Gasteiger partial charge in [0, 0.05) is 19.1 Å². The van der Waals surface area contributed by atoms with Crippen LogP contribution in [0.5, 0.6) is 0 Å². The number of piperidine rings is 1. The predicted molar refractivity (Wildman–Crippen MR) is 89.5 cm³/mol. The Morgan fingerprint density at radius 2 is 2.09 bits per heavy atom. The van der Waals surface area contributed by atoms with E-state index in [1.807, 2.05) is 32.0 Å². The number of amides is 1. The molecule has 5 nitrogen and oxygen atoms in total. The fourth-order valence-corrected chi connectivity index (χ4v) is 3.53. The zero-order valence-electron chi connectivity index (χ0n) is 12.9. The first-order valence-corrected chi connectivity index (χ1v) is 8.51. The molecule has 0 radical (unpaired) electrons. The van der Waals surface area contributed by atoms with Crippen molar-refractivity contribution < 1.29 is 9.53 Å². The summed E-state index contributed by atoms with van der Waals surface area (Å²) in [4.78, 5) is 18.3. The van der Waals surface area contributed by atoms with E-state index in [2.05, 4.69) is 16.4 Å². The molecule has 0 aliphatic carbocycles. The van der Waals surface area contributed by atoms with Gasteiger partial charge in [-0.25, -0.2) is 9.78 Å². The first-order chi connectivity index (χ1) is 10.6. The summed E-state index contributed by atoms with van der Waals surface area (Å²) in [5.41, 5.74) is 1.04. The van der Waals surface area contributed by atoms with Crippen molar-refractivity contribution in [3.05, 3.63) is 24.3 Å². The SMILES string of the molecule is CC(C)OC(=O)N1CCC(Nc2nc3ccccc3s2)CC1. The molecule has 118 valence electrons. The van der Waals surface area contributed by atoms with E-state index in [0.717, 1.165) is 36.6 Å². The number of fused-ring (bicyclic) bond motifs is 1. The number of nitrogens with one attached hydrogen (secondary N) is 1. The molecule has 0 bridgehead atoms. The van der Waals surface area contributed by atoms with Crippen LogP contribution < -0.4 is 5.32 Å². The van der Waals surface area contributed by atoms with Crippen molar-refractivity contribution in [1.82, 2.24) is 9.88 Å². The number of rotatable bonds is 3. The van der Waals surface area contributed by atoms with Gasteiger partial charge in [0.25, 0.3) is 0 Å². The number of carbonyl (C=O) groups is 1. The Bertz CT molecular complexity index is 615. The summed E-state index contributed by atoms with van der Waals surface area (Å²) in [7, 11) is 0. The lowest BCUT2D eigenvalue weighted by molar-refractivity contribution is 0.0701. The van der Waals surface area contributed by atoms with E-state index in [1.165, 1.54) is 4.70 Å². The van der Waals surface area contributed by atoms with Crippen molar-refractivity contribution in [3.8, 4) is 0 Å². The van der Waals surface area contributed by atoms with Crippen molar-refractivity contribution in [2.75, 3.05) is 18.4 Å². The van der Waals surface area contributed by atoms with E-state index in [9.17, 15) is 4.79 Å². The number of likely N-dealkylation sites (tertiary alicyclic amines) is 1. The Morgan fingerprint density at radius 3 is 2.77 bits per heavy atom. The van der Waals surface area contributed by atoms with Crippen LogP contribution >= 0.6 is 11.3 Å². The zero-order valence-corrected chi connectivity index (χ0v) is 13.7. The molecule has 1 saturated heterocycles. The van der Waals surface area contributed by atoms with Crippen molar-refractivity contribution in [3.63, 3.8) is 0 Å². The van der Waals surface area contributed by atoms with Crippen LogP contribution in [0.3, 0.4) is 0 Å². The molecular formula is C16H21N3O2S. The van der Waals surface area contributed by atoms with Gasteiger partial charge in [0.15, 0.2) is 5.13 Å². The molecule has 1 N–H and O–H groups in total. The summed E-state index contributed by atoms with van der Waals surface area (Å²) in [5.74, 6) is 0. The number of nitrogens with zero attached hydrogens (tertiary/aromatic N) is 2. The second-order valence-electron chi connectivity index (χ2n) is 5.82. The molecule has 1 amide bonds. The fourth-order valence-electron chi connectivity index (χ4n) is 2.59. The van der Waals surface area contributed by atoms with E-state index < -0.39 is 0 Å². The van der Waals surface area contributed by atoms with E-state index in [0.29, 0.717) is 6.04 Å². The first-order valence-electron chi connectivity index (χ1n) is 7.69. The Kier molecular flexibility index (Phi) is 4.47. The highest BCUT2D eigenvalue weighted by Crippen LogP contribution is 2.27. The number of para-hydroxylation sites is 1. The van der Waals surface area contributed by atoms with Crippen LogP contribution in [0.2, 0.25) is 0 Å². The van der Waals surface area contributed by atoms with Gasteiger partial charge in [-0.05, 0) is 38.8 Å². The summed E-state index contributed by atoms with van der Waals surface area (Å²) in [5, 5.41) is 4.46. The van der Waals surface area contributed by atoms with Gasteiger partial charge in [-0.2, -0.15) is 0 Å². The third-order valence-corrected chi connectivity index (χ3v) is 4.68. The molecule has 1 aliphatic heterocycles. The zero-order chi connectivity index (χ0) is 15.5. The summed E-state index contributed by atoms with van der Waals surface area (Å²) >= 11 is 1.68. The molecule has 0 saturated carbocycles. The average Bonchev–Trinajstić information content (AvgIpc) is 2.89. The van der Waals surface area contributed by atoms with E-state index >= 15 is 0 Å². The van der Waals surface area contributed by atoms with Crippen LogP contribution in [0.25, 0.3) is 10.2 Å². The maximum atomic E-state index is 11.9. The number of carbonyl (C=O) groups excluding carboxylic acids is 1. The van der Waals surface area contributed by atoms with Crippen LogP contribution in [-0.4, -0.2) is 41.2 Å². The lowest BCUT2D eigenvalue weighted by Gasteiger charge is -2.32. The largest absolute Gasteiger partial charge is 0.447 e. The molecule has 22 heavy (non-hydrogen) atoms. The molecule has 0 spiro atoms. The van der Waals surface area contributed by atoms with Gasteiger partial charge in [0.2, 0.25) is 0 Å². The van der Waals surface area contributed by atoms with Crippen LogP contribution in [0.15, 0.2) is 24.3 Å². The molecule has 1 aromatic heterocycles. The second-order valence-corrected chi connectivity index (χ2v) is 6.86. The van der Waals surface area contributed by atoms with E-state index in [1.54, 1.807) is 16.2 Å². The third-order valence-electron chi connectivity index (χ3n) is 3.71. The number of benzene rings is 1. The molecular weight excluding hydrogens is 298 g/mol. The van der Waals surface area contributed by atoms with Crippen LogP contribution in [0.1, 0.15) is 26.7 Å². The van der Waals surface area contributed by atoms with E-state index in [-0.39, 0.29) is 12.2 Å². The minimum atomic E-state index is -0.201. The van der Waals surface area contributed by atoms with Gasteiger partial charge < -0.3 is 15.0 Å². The van der Waals surface area contributed by atoms with Crippen molar-refractivity contribution in [2.24, 2.45) is 0 Å². The summed E-state index contributed by atoms with van der Waals surface area (Å²) in [6, 6.07) is 8.52. The maximum Gasteiger partial charge on any atom is 0.410 e. The Hall–Kier alpha value is -1.82. The number of hydrogen-bond acceptors (Lipinski definition) is 5. The molecule has 0 unspecified atom stereocenters. The van der Waals surface area contributed by atoms with Gasteiger partial charge in [-0.15, -0.1) is 0 Å². The minimum absolute atomic E-state index is 0.0638. The molecule has 1 fully saturated rings. The number of thiazole rings is 1. The number of aromatic nitrogens is 1. The molecule has 3 rings (SSSR count). The molecule has 6 heteroatoms. The van der Waals surface area contributed by atoms with Crippen LogP contribution in [0, 0.1) is 0 Å². The monoisotopic (exact) mass is 319 g/mol. The topological polar surface area (TPSA) is 54.5 Å². The van der Waals surface area contributed by atoms with Gasteiger partial charge >= 0.3 is 6.09 Å². The molecule has 0 atom stereocenters. The lowest BCUT2D eigenvalue weighted by Crippen LogP contribution is -2.43. The van der Waals surface area contributed by atoms with Crippen molar-refractivity contribution in [1.29, 1.82) is 0 Å². The van der Waals surface area contributed by atoms with E-state index in [4.69, 9.17) is 4.74 Å². The maximum absolute atomic E-state index is 11.9. The lowest BCUT2D eigenvalue weighted by atomic mass is 10.1. The Balaban J connectivity index is 1.54. The molecule has 1 aliphatic rings. The normalized spacial score (nSPS) is 16.2. The Morgan fingerprint density at radius 1 is 1.36 bits per heavy atom.